The van der Waals surface area contributed by atoms with Gasteiger partial charge in [-0.25, -0.2) is 15.0 Å². The van der Waals surface area contributed by atoms with Gasteiger partial charge in [-0.3, -0.25) is 9.55 Å². The van der Waals surface area contributed by atoms with Crippen molar-refractivity contribution in [3.05, 3.63) is 223 Å². The Kier molecular flexibility index (Phi) is 8.44. The lowest BCUT2D eigenvalue weighted by Gasteiger charge is -2.24. The lowest BCUT2D eigenvalue weighted by Crippen LogP contribution is -2.33. The highest BCUT2D eigenvalue weighted by molar-refractivity contribution is 6.24. The summed E-state index contributed by atoms with van der Waals surface area (Å²) in [6.07, 6.45) is 3.51. The molecule has 0 saturated carbocycles. The van der Waals surface area contributed by atoms with Crippen LogP contribution in [0.5, 0.6) is 0 Å². The molecule has 6 heteroatoms. The van der Waals surface area contributed by atoms with Gasteiger partial charge in [0.1, 0.15) is 17.8 Å². The van der Waals surface area contributed by atoms with Crippen LogP contribution in [0.3, 0.4) is 0 Å². The van der Waals surface area contributed by atoms with Crippen molar-refractivity contribution in [2.75, 3.05) is 0 Å². The number of hydrogen-bond donors (Lipinski definition) is 1. The highest BCUT2D eigenvalue weighted by Gasteiger charge is 2.22. The highest BCUT2D eigenvalue weighted by Crippen LogP contribution is 2.39. The molecular weight excluding hydrogens is 721 g/mol. The monoisotopic (exact) mass is 756 g/mol. The zero-order valence-corrected chi connectivity index (χ0v) is 31.9. The van der Waals surface area contributed by atoms with Crippen LogP contribution in [0.4, 0.5) is 0 Å². The lowest BCUT2D eigenvalue weighted by molar-refractivity contribution is 0.674. The molecule has 11 rings (SSSR count). The third kappa shape index (κ3) is 6.24. The Morgan fingerprint density at radius 1 is 0.441 bits per heavy atom. The number of fused-ring (bicyclic) bond motifs is 6. The first-order valence-corrected chi connectivity index (χ1v) is 19.8. The maximum atomic E-state index is 5.33. The smallest absolute Gasteiger partial charge is 0.159 e. The summed E-state index contributed by atoms with van der Waals surface area (Å²) in [5.74, 6) is 2.38. The maximum Gasteiger partial charge on any atom is 0.159 e. The van der Waals surface area contributed by atoms with Crippen molar-refractivity contribution in [2.24, 2.45) is 9.98 Å². The molecule has 59 heavy (non-hydrogen) atoms. The fourth-order valence-electron chi connectivity index (χ4n) is 8.23. The Balaban J connectivity index is 0.953. The second-order valence-corrected chi connectivity index (χ2v) is 14.7. The number of aromatic nitrogens is 3. The summed E-state index contributed by atoms with van der Waals surface area (Å²) in [6, 6.07) is 67.8. The standard InChI is InChI=1S/C53H36N6/c1-4-12-35(13-5-1)36-20-24-40(25-21-36)51-56-50(39-14-6-2-7-15-39)57-52(58-51)41-26-22-37(23-27-41)38-28-30-43(31-29-38)59-49-46-19-11-10-18-44(46)45-32-33-54-34-47(45)48(49)55-53(59)42-16-8-3-9-17-42/h1-34,51H,(H,56,57,58). The van der Waals surface area contributed by atoms with Gasteiger partial charge in [0, 0.05) is 45.5 Å². The van der Waals surface area contributed by atoms with Gasteiger partial charge < -0.3 is 5.32 Å². The van der Waals surface area contributed by atoms with Crippen molar-refractivity contribution < 1.29 is 0 Å². The molecule has 278 valence electrons. The predicted octanol–water partition coefficient (Wildman–Crippen LogP) is 12.2. The van der Waals surface area contributed by atoms with E-state index in [4.69, 9.17) is 15.0 Å². The molecule has 1 aliphatic heterocycles. The van der Waals surface area contributed by atoms with Gasteiger partial charge in [-0.1, -0.05) is 176 Å². The molecule has 0 aliphatic carbocycles. The Morgan fingerprint density at radius 3 is 1.64 bits per heavy atom. The number of hydrogen-bond acceptors (Lipinski definition) is 5. The number of pyridine rings is 1. The van der Waals surface area contributed by atoms with Crippen LogP contribution >= 0.6 is 0 Å². The van der Waals surface area contributed by atoms with E-state index in [-0.39, 0.29) is 6.17 Å². The number of amidine groups is 2. The van der Waals surface area contributed by atoms with E-state index in [9.17, 15) is 0 Å². The van der Waals surface area contributed by atoms with Gasteiger partial charge >= 0.3 is 0 Å². The summed E-state index contributed by atoms with van der Waals surface area (Å²) in [5.41, 5.74) is 11.7. The third-order valence-electron chi connectivity index (χ3n) is 11.2. The number of rotatable bonds is 7. The van der Waals surface area contributed by atoms with Crippen LogP contribution < -0.4 is 5.32 Å². The summed E-state index contributed by atoms with van der Waals surface area (Å²) in [4.78, 5) is 20.0. The predicted molar refractivity (Wildman–Crippen MR) is 242 cm³/mol. The molecule has 0 spiro atoms. The molecule has 0 radical (unpaired) electrons. The minimum Gasteiger partial charge on any atom is -0.344 e. The zero-order valence-electron chi connectivity index (χ0n) is 31.9. The second-order valence-electron chi connectivity index (χ2n) is 14.7. The molecule has 1 atom stereocenters. The van der Waals surface area contributed by atoms with Gasteiger partial charge in [-0.2, -0.15) is 0 Å². The first-order valence-electron chi connectivity index (χ1n) is 19.8. The van der Waals surface area contributed by atoms with Crippen LogP contribution in [0.15, 0.2) is 217 Å². The van der Waals surface area contributed by atoms with E-state index in [1.807, 2.05) is 42.7 Å². The molecule has 1 unspecified atom stereocenters. The van der Waals surface area contributed by atoms with Gasteiger partial charge in [0.05, 0.1) is 11.0 Å². The minimum absolute atomic E-state index is 0.291. The molecular formula is C53H36N6. The van der Waals surface area contributed by atoms with E-state index >= 15 is 0 Å². The van der Waals surface area contributed by atoms with Gasteiger partial charge in [-0.15, -0.1) is 0 Å². The molecule has 1 N–H and O–H groups in total. The van der Waals surface area contributed by atoms with Crippen LogP contribution in [-0.4, -0.2) is 26.2 Å². The van der Waals surface area contributed by atoms with Crippen LogP contribution in [0, 0.1) is 0 Å². The van der Waals surface area contributed by atoms with Crippen molar-refractivity contribution in [2.45, 2.75) is 6.17 Å². The highest BCUT2D eigenvalue weighted by atomic mass is 15.2. The zero-order chi connectivity index (χ0) is 39.1. The fraction of sp³-hybridized carbons (Fsp3) is 0.0189. The summed E-state index contributed by atoms with van der Waals surface area (Å²) in [7, 11) is 0. The number of imidazole rings is 1. The average molecular weight is 757 g/mol. The summed E-state index contributed by atoms with van der Waals surface area (Å²) in [5, 5.41) is 8.12. The molecule has 8 aromatic carbocycles. The molecule has 0 fully saturated rings. The fourth-order valence-corrected chi connectivity index (χ4v) is 8.23. The number of nitrogens with one attached hydrogen (secondary N) is 1. The maximum absolute atomic E-state index is 5.33. The molecule has 10 aromatic rings. The van der Waals surface area contributed by atoms with Crippen molar-refractivity contribution in [1.29, 1.82) is 0 Å². The SMILES string of the molecule is c1ccc(C2=NC(c3ccc(-c4ccc(-n5c(-c6ccccc6)nc6c7cnccc7c7ccccc7c65)cc4)cc3)=NC(c3ccc(-c4ccccc4)cc3)N2)cc1. The van der Waals surface area contributed by atoms with Crippen molar-refractivity contribution >= 4 is 44.2 Å². The van der Waals surface area contributed by atoms with E-state index < -0.39 is 0 Å². The summed E-state index contributed by atoms with van der Waals surface area (Å²) >= 11 is 0. The average Bonchev–Trinajstić information content (AvgIpc) is 3.74. The third-order valence-corrected chi connectivity index (χ3v) is 11.2. The Bertz CT molecular complexity index is 3190. The number of aliphatic imine (C=N–C) groups is 2. The topological polar surface area (TPSA) is 67.5 Å². The normalized spacial score (nSPS) is 13.9. The van der Waals surface area contributed by atoms with Crippen molar-refractivity contribution in [3.63, 3.8) is 0 Å². The van der Waals surface area contributed by atoms with Crippen LogP contribution in [0.1, 0.15) is 22.9 Å². The van der Waals surface area contributed by atoms with Gasteiger partial charge in [-0.05, 0) is 56.8 Å². The molecule has 1 aliphatic rings. The van der Waals surface area contributed by atoms with E-state index in [2.05, 4.69) is 179 Å². The number of nitrogens with zero attached hydrogens (tertiary/aromatic N) is 5. The Labute approximate surface area is 341 Å². The van der Waals surface area contributed by atoms with Gasteiger partial charge in [0.2, 0.25) is 0 Å². The van der Waals surface area contributed by atoms with Crippen LogP contribution in [0.25, 0.3) is 71.9 Å². The van der Waals surface area contributed by atoms with Gasteiger partial charge in [0.15, 0.2) is 5.84 Å². The molecule has 0 amide bonds. The van der Waals surface area contributed by atoms with Crippen LogP contribution in [-0.2, 0) is 0 Å². The molecule has 3 heterocycles. The van der Waals surface area contributed by atoms with E-state index in [1.54, 1.807) is 0 Å². The summed E-state index contributed by atoms with van der Waals surface area (Å²) in [6.45, 7) is 0. The lowest BCUT2D eigenvalue weighted by atomic mass is 10.0. The molecule has 0 saturated heterocycles. The van der Waals surface area contributed by atoms with E-state index in [0.29, 0.717) is 5.84 Å². The van der Waals surface area contributed by atoms with Gasteiger partial charge in [0.25, 0.3) is 0 Å². The molecule has 2 aromatic heterocycles. The first-order chi connectivity index (χ1) is 29.2. The largest absolute Gasteiger partial charge is 0.344 e. The van der Waals surface area contributed by atoms with Crippen molar-refractivity contribution in [3.8, 4) is 39.3 Å². The van der Waals surface area contributed by atoms with Crippen molar-refractivity contribution in [1.82, 2.24) is 19.9 Å². The minimum atomic E-state index is -0.291. The van der Waals surface area contributed by atoms with E-state index in [1.165, 1.54) is 16.5 Å². The second kappa shape index (κ2) is 14.5. The summed E-state index contributed by atoms with van der Waals surface area (Å²) < 4.78 is 2.30. The quantitative estimate of drug-likeness (QED) is 0.165. The molecule has 0 bridgehead atoms. The Morgan fingerprint density at radius 2 is 0.966 bits per heavy atom. The van der Waals surface area contributed by atoms with E-state index in [0.717, 1.165) is 77.9 Å². The molecule has 6 nitrogen and oxygen atoms in total. The Hall–Kier alpha value is -7.96. The first kappa shape index (κ1) is 34.3. The van der Waals surface area contributed by atoms with Crippen LogP contribution in [0.2, 0.25) is 0 Å². The number of benzene rings is 8.